The van der Waals surface area contributed by atoms with Gasteiger partial charge in [-0.1, -0.05) is 42.0 Å². The molecule has 3 N–H and O–H groups in total. The molecule has 166 valence electrons. The number of benzene rings is 1. The van der Waals surface area contributed by atoms with Gasteiger partial charge in [-0.05, 0) is 63.9 Å². The first-order valence-electron chi connectivity index (χ1n) is 11.4. The molecule has 5 heteroatoms. The molecule has 0 spiro atoms. The van der Waals surface area contributed by atoms with Gasteiger partial charge in [0.25, 0.3) is 0 Å². The number of carboxylic acid groups (broad SMARTS) is 1. The van der Waals surface area contributed by atoms with Crippen molar-refractivity contribution in [2.75, 3.05) is 20.3 Å². The van der Waals surface area contributed by atoms with Crippen LogP contribution in [-0.2, 0) is 9.53 Å². The average Bonchev–Trinajstić information content (AvgIpc) is 3.50. The molecule has 2 aliphatic carbocycles. The zero-order valence-corrected chi connectivity index (χ0v) is 18.7. The number of methoxy groups -OCH3 is 1. The highest BCUT2D eigenvalue weighted by atomic mass is 16.5. The number of carbonyl (C=O) groups is 1. The maximum atomic E-state index is 11.3. The van der Waals surface area contributed by atoms with E-state index in [0.29, 0.717) is 30.6 Å². The van der Waals surface area contributed by atoms with Gasteiger partial charge in [0.1, 0.15) is 0 Å². The largest absolute Gasteiger partial charge is 0.481 e. The third kappa shape index (κ3) is 6.66. The summed E-state index contributed by atoms with van der Waals surface area (Å²) in [4.78, 5) is 11.3. The van der Waals surface area contributed by atoms with E-state index in [0.717, 1.165) is 38.7 Å². The number of carboxylic acids is 1. The smallest absolute Gasteiger partial charge is 0.310 e. The standard InChI is InChI=1S/C25H38N2O3/c1-25(2,24(28)29)17-26-20-9-11-21(12-10-20)27-23-16-22(23)19(13-14-30-3)15-18-7-5-4-6-8-18/h4-8,15,20-23,26-27H,9-14,16-17H2,1-3H3,(H,28,29). The minimum atomic E-state index is -0.738. The number of nitrogens with one attached hydrogen (secondary N) is 2. The second kappa shape index (κ2) is 10.6. The fraction of sp³-hybridized carbons (Fsp3) is 0.640. The van der Waals surface area contributed by atoms with Gasteiger partial charge in [-0.15, -0.1) is 0 Å². The van der Waals surface area contributed by atoms with Crippen molar-refractivity contribution in [1.29, 1.82) is 0 Å². The van der Waals surface area contributed by atoms with Crippen LogP contribution in [0.5, 0.6) is 0 Å². The molecule has 2 fully saturated rings. The molecule has 0 bridgehead atoms. The molecular formula is C25H38N2O3. The Morgan fingerprint density at radius 1 is 1.17 bits per heavy atom. The van der Waals surface area contributed by atoms with Crippen LogP contribution in [0.25, 0.3) is 6.08 Å². The van der Waals surface area contributed by atoms with Crippen LogP contribution in [0.15, 0.2) is 35.9 Å². The molecule has 3 rings (SSSR count). The summed E-state index contributed by atoms with van der Waals surface area (Å²) in [6.45, 7) is 4.87. The van der Waals surface area contributed by atoms with E-state index in [4.69, 9.17) is 4.74 Å². The van der Waals surface area contributed by atoms with E-state index in [1.54, 1.807) is 21.0 Å². The molecular weight excluding hydrogens is 376 g/mol. The third-order valence-corrected chi connectivity index (χ3v) is 6.60. The van der Waals surface area contributed by atoms with E-state index in [9.17, 15) is 9.90 Å². The lowest BCUT2D eigenvalue weighted by Crippen LogP contribution is -2.45. The lowest BCUT2D eigenvalue weighted by atomic mass is 9.88. The molecule has 0 radical (unpaired) electrons. The molecule has 2 saturated carbocycles. The fourth-order valence-electron chi connectivity index (χ4n) is 4.38. The van der Waals surface area contributed by atoms with Gasteiger partial charge < -0.3 is 20.5 Å². The van der Waals surface area contributed by atoms with Gasteiger partial charge in [0.15, 0.2) is 0 Å². The maximum absolute atomic E-state index is 11.3. The second-order valence-electron chi connectivity index (χ2n) is 9.61. The summed E-state index contributed by atoms with van der Waals surface area (Å²) in [5.41, 5.74) is 2.05. The van der Waals surface area contributed by atoms with Crippen molar-refractivity contribution >= 4 is 12.0 Å². The van der Waals surface area contributed by atoms with E-state index in [2.05, 4.69) is 47.0 Å². The Hall–Kier alpha value is -1.69. The van der Waals surface area contributed by atoms with Crippen LogP contribution in [0.2, 0.25) is 0 Å². The minimum Gasteiger partial charge on any atom is -0.481 e. The third-order valence-electron chi connectivity index (χ3n) is 6.60. The van der Waals surface area contributed by atoms with Crippen molar-refractivity contribution in [1.82, 2.24) is 10.6 Å². The fourth-order valence-corrected chi connectivity index (χ4v) is 4.38. The predicted octanol–water partition coefficient (Wildman–Crippen LogP) is 4.10. The Balaban J connectivity index is 1.44. The monoisotopic (exact) mass is 414 g/mol. The highest BCUT2D eigenvalue weighted by molar-refractivity contribution is 5.73. The van der Waals surface area contributed by atoms with Crippen molar-refractivity contribution in [3.63, 3.8) is 0 Å². The van der Waals surface area contributed by atoms with Gasteiger partial charge in [0, 0.05) is 38.4 Å². The van der Waals surface area contributed by atoms with Gasteiger partial charge >= 0.3 is 5.97 Å². The van der Waals surface area contributed by atoms with Crippen LogP contribution >= 0.6 is 0 Å². The zero-order valence-electron chi connectivity index (χ0n) is 18.7. The Morgan fingerprint density at radius 2 is 1.83 bits per heavy atom. The molecule has 0 aromatic heterocycles. The summed E-state index contributed by atoms with van der Waals surface area (Å²) < 4.78 is 5.34. The Kier molecular flexibility index (Phi) is 8.09. The second-order valence-corrected chi connectivity index (χ2v) is 9.61. The van der Waals surface area contributed by atoms with Crippen LogP contribution in [0, 0.1) is 11.3 Å². The van der Waals surface area contributed by atoms with E-state index in [-0.39, 0.29) is 0 Å². The number of aliphatic carboxylic acids is 1. The summed E-state index contributed by atoms with van der Waals surface area (Å²) >= 11 is 0. The first-order chi connectivity index (χ1) is 14.4. The van der Waals surface area contributed by atoms with Gasteiger partial charge in [-0.25, -0.2) is 0 Å². The minimum absolute atomic E-state index is 0.437. The molecule has 2 atom stereocenters. The summed E-state index contributed by atoms with van der Waals surface area (Å²) in [6, 6.07) is 12.2. The van der Waals surface area contributed by atoms with Gasteiger partial charge in [0.05, 0.1) is 5.41 Å². The molecule has 2 aliphatic rings. The van der Waals surface area contributed by atoms with Crippen LogP contribution in [0.3, 0.4) is 0 Å². The molecule has 5 nitrogen and oxygen atoms in total. The first kappa shape index (κ1) is 23.0. The summed E-state index contributed by atoms with van der Waals surface area (Å²) in [6.07, 6.45) is 9.09. The lowest BCUT2D eigenvalue weighted by Gasteiger charge is -2.32. The molecule has 2 unspecified atom stereocenters. The lowest BCUT2D eigenvalue weighted by molar-refractivity contribution is -0.146. The van der Waals surface area contributed by atoms with Crippen molar-refractivity contribution in [2.24, 2.45) is 11.3 Å². The molecule has 0 saturated heterocycles. The summed E-state index contributed by atoms with van der Waals surface area (Å²) in [5, 5.41) is 16.6. The molecule has 0 amide bonds. The summed E-state index contributed by atoms with van der Waals surface area (Å²) in [5.74, 6) is -0.120. The van der Waals surface area contributed by atoms with Crippen LogP contribution in [0.4, 0.5) is 0 Å². The van der Waals surface area contributed by atoms with Crippen molar-refractivity contribution in [2.45, 2.75) is 70.5 Å². The molecule has 0 heterocycles. The zero-order chi connectivity index (χ0) is 21.6. The van der Waals surface area contributed by atoms with Gasteiger partial charge in [-0.2, -0.15) is 0 Å². The van der Waals surface area contributed by atoms with Gasteiger partial charge in [-0.3, -0.25) is 4.79 Å². The number of hydrogen-bond acceptors (Lipinski definition) is 4. The van der Waals surface area contributed by atoms with Crippen molar-refractivity contribution in [3.05, 3.63) is 41.5 Å². The molecule has 0 aliphatic heterocycles. The number of rotatable bonds is 11. The highest BCUT2D eigenvalue weighted by Crippen LogP contribution is 2.41. The Bertz CT molecular complexity index is 708. The topological polar surface area (TPSA) is 70.6 Å². The quantitative estimate of drug-likeness (QED) is 0.509. The normalized spacial score (nSPS) is 27.1. The van der Waals surface area contributed by atoms with Crippen LogP contribution in [0.1, 0.15) is 57.9 Å². The van der Waals surface area contributed by atoms with E-state index in [1.807, 2.05) is 0 Å². The Morgan fingerprint density at radius 3 is 2.47 bits per heavy atom. The highest BCUT2D eigenvalue weighted by Gasteiger charge is 2.41. The van der Waals surface area contributed by atoms with E-state index >= 15 is 0 Å². The predicted molar refractivity (Wildman–Crippen MR) is 121 cm³/mol. The number of ether oxygens (including phenoxy) is 1. The van der Waals surface area contributed by atoms with E-state index < -0.39 is 11.4 Å². The molecule has 1 aromatic carbocycles. The summed E-state index contributed by atoms with van der Waals surface area (Å²) in [7, 11) is 1.77. The van der Waals surface area contributed by atoms with Crippen LogP contribution in [-0.4, -0.2) is 49.5 Å². The SMILES string of the molecule is COCCC(=Cc1ccccc1)C1CC1NC1CCC(NCC(C)(C)C(=O)O)CC1. The van der Waals surface area contributed by atoms with Crippen LogP contribution < -0.4 is 10.6 Å². The Labute approximate surface area is 181 Å². The van der Waals surface area contributed by atoms with Crippen molar-refractivity contribution in [3.8, 4) is 0 Å². The average molecular weight is 415 g/mol. The molecule has 30 heavy (non-hydrogen) atoms. The maximum Gasteiger partial charge on any atom is 0.310 e. The first-order valence-corrected chi connectivity index (χ1v) is 11.4. The van der Waals surface area contributed by atoms with E-state index in [1.165, 1.54) is 17.6 Å². The van der Waals surface area contributed by atoms with Crippen molar-refractivity contribution < 1.29 is 14.6 Å². The number of hydrogen-bond donors (Lipinski definition) is 3. The molecule has 1 aromatic rings. The van der Waals surface area contributed by atoms with Gasteiger partial charge in [0.2, 0.25) is 0 Å².